The zero-order valence-corrected chi connectivity index (χ0v) is 14.1. The van der Waals surface area contributed by atoms with E-state index in [2.05, 4.69) is 26.0 Å². The van der Waals surface area contributed by atoms with Gasteiger partial charge in [-0.3, -0.25) is 0 Å². The summed E-state index contributed by atoms with van der Waals surface area (Å²) in [5.74, 6) is -1.08. The van der Waals surface area contributed by atoms with Gasteiger partial charge in [-0.1, -0.05) is 50.3 Å². The fraction of sp³-hybridized carbons (Fsp3) is 0.238. The lowest BCUT2D eigenvalue weighted by molar-refractivity contribution is 0.507. The number of rotatable bonds is 6. The van der Waals surface area contributed by atoms with Crippen molar-refractivity contribution in [3.63, 3.8) is 0 Å². The van der Waals surface area contributed by atoms with E-state index >= 15 is 0 Å². The first-order valence-corrected chi connectivity index (χ1v) is 8.10. The van der Waals surface area contributed by atoms with Crippen molar-refractivity contribution in [1.82, 2.24) is 0 Å². The highest BCUT2D eigenvalue weighted by atomic mass is 19.2. The lowest BCUT2D eigenvalue weighted by atomic mass is 9.94. The van der Waals surface area contributed by atoms with Gasteiger partial charge >= 0.3 is 0 Å². The normalized spacial score (nSPS) is 12.3. The first-order valence-electron chi connectivity index (χ1n) is 8.10. The van der Waals surface area contributed by atoms with Crippen LogP contribution >= 0.6 is 0 Å². The van der Waals surface area contributed by atoms with Gasteiger partial charge in [0.25, 0.3) is 0 Å². The van der Waals surface area contributed by atoms with Gasteiger partial charge in [-0.2, -0.15) is 0 Å². The maximum Gasteiger partial charge on any atom is 0.159 e. The Morgan fingerprint density at radius 1 is 1.04 bits per heavy atom. The predicted molar refractivity (Wildman–Crippen MR) is 96.4 cm³/mol. The average Bonchev–Trinajstić information content (AvgIpc) is 2.54. The molecule has 0 saturated heterocycles. The molecule has 0 fully saturated rings. The monoisotopic (exact) mass is 327 g/mol. The predicted octanol–water partition coefficient (Wildman–Crippen LogP) is 5.26. The Morgan fingerprint density at radius 2 is 1.83 bits per heavy atom. The highest BCUT2D eigenvalue weighted by Gasteiger charge is 2.08. The standard InChI is InChI=1S/C21H23F2N/c1-15(2)11-16-5-3-6-18(12-16)19(7-4-10-24)13-17-8-9-20(22)21(23)14-17/h3-10,12,14-15H,11,13,24H2,1-2H3/b10-4-,19-7+. The number of allylic oxidation sites excluding steroid dienone is 3. The zero-order chi connectivity index (χ0) is 17.5. The Bertz CT molecular complexity index is 745. The molecule has 0 radical (unpaired) electrons. The lowest BCUT2D eigenvalue weighted by Gasteiger charge is -2.11. The van der Waals surface area contributed by atoms with E-state index in [4.69, 9.17) is 5.73 Å². The minimum Gasteiger partial charge on any atom is -0.405 e. The van der Waals surface area contributed by atoms with Crippen molar-refractivity contribution >= 4 is 5.57 Å². The van der Waals surface area contributed by atoms with E-state index in [1.54, 1.807) is 12.1 Å². The fourth-order valence-corrected chi connectivity index (χ4v) is 2.67. The van der Waals surface area contributed by atoms with Gasteiger partial charge in [-0.05, 0) is 65.4 Å². The van der Waals surface area contributed by atoms with Crippen LogP contribution in [0.15, 0.2) is 60.8 Å². The van der Waals surface area contributed by atoms with Crippen molar-refractivity contribution in [2.45, 2.75) is 26.7 Å². The maximum absolute atomic E-state index is 13.5. The van der Waals surface area contributed by atoms with E-state index < -0.39 is 11.6 Å². The molecule has 0 spiro atoms. The van der Waals surface area contributed by atoms with Gasteiger partial charge in [0.05, 0.1) is 0 Å². The molecule has 0 aromatic heterocycles. The molecule has 0 atom stereocenters. The van der Waals surface area contributed by atoms with E-state index in [1.807, 2.05) is 18.2 Å². The molecular weight excluding hydrogens is 304 g/mol. The third kappa shape index (κ3) is 5.05. The molecular formula is C21H23F2N. The van der Waals surface area contributed by atoms with Crippen LogP contribution in [0.3, 0.4) is 0 Å². The van der Waals surface area contributed by atoms with Crippen molar-refractivity contribution in [3.8, 4) is 0 Å². The first-order chi connectivity index (χ1) is 11.5. The summed E-state index contributed by atoms with van der Waals surface area (Å²) in [6, 6.07) is 12.3. The molecule has 3 heteroatoms. The van der Waals surface area contributed by atoms with Crippen molar-refractivity contribution < 1.29 is 8.78 Å². The molecule has 0 aliphatic rings. The van der Waals surface area contributed by atoms with Gasteiger partial charge in [0.1, 0.15) is 0 Å². The molecule has 2 aromatic rings. The van der Waals surface area contributed by atoms with Crippen LogP contribution in [-0.2, 0) is 12.8 Å². The smallest absolute Gasteiger partial charge is 0.159 e. The van der Waals surface area contributed by atoms with Gasteiger partial charge in [0, 0.05) is 0 Å². The fourth-order valence-electron chi connectivity index (χ4n) is 2.67. The lowest BCUT2D eigenvalue weighted by Crippen LogP contribution is -1.97. The second-order valence-electron chi connectivity index (χ2n) is 6.30. The van der Waals surface area contributed by atoms with Gasteiger partial charge in [-0.15, -0.1) is 0 Å². The Balaban J connectivity index is 2.33. The molecule has 0 saturated carbocycles. The van der Waals surface area contributed by atoms with Crippen LogP contribution in [0.2, 0.25) is 0 Å². The Hall–Kier alpha value is -2.42. The van der Waals surface area contributed by atoms with E-state index in [-0.39, 0.29) is 0 Å². The first kappa shape index (κ1) is 17.9. The topological polar surface area (TPSA) is 26.0 Å². The number of nitrogens with two attached hydrogens (primary N) is 1. The van der Waals surface area contributed by atoms with Crippen LogP contribution in [0.1, 0.15) is 30.5 Å². The number of hydrogen-bond donors (Lipinski definition) is 1. The Labute approximate surface area is 142 Å². The van der Waals surface area contributed by atoms with Gasteiger partial charge in [0.15, 0.2) is 11.6 Å². The van der Waals surface area contributed by atoms with Crippen LogP contribution in [0.25, 0.3) is 5.57 Å². The Kier molecular flexibility index (Phi) is 6.30. The summed E-state index contributed by atoms with van der Waals surface area (Å²) in [6.07, 6.45) is 6.63. The second kappa shape index (κ2) is 8.44. The molecule has 0 heterocycles. The molecule has 1 nitrogen and oxygen atoms in total. The minimum atomic E-state index is -0.829. The summed E-state index contributed by atoms with van der Waals surface area (Å²) < 4.78 is 26.6. The number of hydrogen-bond acceptors (Lipinski definition) is 1. The van der Waals surface area contributed by atoms with E-state index in [1.165, 1.54) is 17.8 Å². The summed E-state index contributed by atoms with van der Waals surface area (Å²) in [6.45, 7) is 4.36. The van der Waals surface area contributed by atoms with Crippen molar-refractivity contribution in [1.29, 1.82) is 0 Å². The molecule has 0 aliphatic heterocycles. The van der Waals surface area contributed by atoms with Gasteiger partial charge in [-0.25, -0.2) is 8.78 Å². The molecule has 0 amide bonds. The maximum atomic E-state index is 13.5. The van der Waals surface area contributed by atoms with Crippen LogP contribution in [-0.4, -0.2) is 0 Å². The van der Waals surface area contributed by atoms with Gasteiger partial charge < -0.3 is 5.73 Å². The van der Waals surface area contributed by atoms with Crippen molar-refractivity contribution in [2.75, 3.05) is 0 Å². The highest BCUT2D eigenvalue weighted by molar-refractivity contribution is 5.69. The molecule has 2 rings (SSSR count). The minimum absolute atomic E-state index is 0.507. The average molecular weight is 327 g/mol. The third-order valence-corrected chi connectivity index (χ3v) is 3.73. The third-order valence-electron chi connectivity index (χ3n) is 3.73. The van der Waals surface area contributed by atoms with E-state index in [0.717, 1.165) is 29.2 Å². The van der Waals surface area contributed by atoms with E-state index in [0.29, 0.717) is 12.3 Å². The van der Waals surface area contributed by atoms with Crippen LogP contribution in [0, 0.1) is 17.6 Å². The summed E-state index contributed by atoms with van der Waals surface area (Å²) in [5.41, 5.74) is 9.51. The molecule has 2 aromatic carbocycles. The molecule has 0 unspecified atom stereocenters. The molecule has 0 bridgehead atoms. The molecule has 126 valence electrons. The van der Waals surface area contributed by atoms with Crippen LogP contribution in [0.4, 0.5) is 8.78 Å². The summed E-state index contributed by atoms with van der Waals surface area (Å²) in [4.78, 5) is 0. The van der Waals surface area contributed by atoms with Gasteiger partial charge in [0.2, 0.25) is 0 Å². The van der Waals surface area contributed by atoms with Crippen LogP contribution < -0.4 is 5.73 Å². The molecule has 24 heavy (non-hydrogen) atoms. The molecule has 2 N–H and O–H groups in total. The SMILES string of the molecule is CC(C)Cc1cccc(/C(=C/C=C\N)Cc2ccc(F)c(F)c2)c1. The largest absolute Gasteiger partial charge is 0.405 e. The van der Waals surface area contributed by atoms with E-state index in [9.17, 15) is 8.78 Å². The van der Waals surface area contributed by atoms with Crippen molar-refractivity contribution in [3.05, 3.63) is 89.1 Å². The summed E-state index contributed by atoms with van der Waals surface area (Å²) >= 11 is 0. The number of benzene rings is 2. The summed E-state index contributed by atoms with van der Waals surface area (Å²) in [7, 11) is 0. The quantitative estimate of drug-likeness (QED) is 0.719. The van der Waals surface area contributed by atoms with Crippen LogP contribution in [0.5, 0.6) is 0 Å². The second-order valence-corrected chi connectivity index (χ2v) is 6.30. The van der Waals surface area contributed by atoms with Crippen molar-refractivity contribution in [2.24, 2.45) is 11.7 Å². The zero-order valence-electron chi connectivity index (χ0n) is 14.1. The molecule has 0 aliphatic carbocycles. The summed E-state index contributed by atoms with van der Waals surface area (Å²) in [5, 5.41) is 0. The highest BCUT2D eigenvalue weighted by Crippen LogP contribution is 2.23. The number of halogens is 2. The Morgan fingerprint density at radius 3 is 2.50 bits per heavy atom.